The van der Waals surface area contributed by atoms with Gasteiger partial charge in [-0.15, -0.1) is 0 Å². The number of nitrogens with zero attached hydrogens (tertiary/aromatic N) is 2. The average molecular weight is 240 g/mol. The Labute approximate surface area is 109 Å². The molecule has 0 aliphatic carbocycles. The zero-order valence-corrected chi connectivity index (χ0v) is 11.1. The van der Waals surface area contributed by atoms with Crippen LogP contribution in [0.4, 0.5) is 0 Å². The van der Waals surface area contributed by atoms with Crippen molar-refractivity contribution in [2.75, 3.05) is 0 Å². The Hall–Kier alpha value is -1.96. The van der Waals surface area contributed by atoms with E-state index in [1.165, 1.54) is 17.5 Å². The number of hydrogen-bond donors (Lipinski definition) is 0. The fourth-order valence-corrected chi connectivity index (χ4v) is 1.80. The molecule has 0 amide bonds. The first kappa shape index (κ1) is 12.5. The second-order valence-corrected chi connectivity index (χ2v) is 4.50. The summed E-state index contributed by atoms with van der Waals surface area (Å²) in [5, 5.41) is 0. The van der Waals surface area contributed by atoms with Crippen LogP contribution in [0.15, 0.2) is 49.1 Å². The molecule has 0 unspecified atom stereocenters. The van der Waals surface area contributed by atoms with Crippen LogP contribution in [-0.2, 0) is 13.6 Å². The van der Waals surface area contributed by atoms with E-state index in [1.54, 1.807) is 0 Å². The molecule has 2 aromatic heterocycles. The van der Waals surface area contributed by atoms with E-state index in [-0.39, 0.29) is 0 Å². The van der Waals surface area contributed by atoms with Crippen molar-refractivity contribution < 1.29 is 9.13 Å². The molecule has 0 aliphatic rings. The summed E-state index contributed by atoms with van der Waals surface area (Å²) in [5.41, 5.74) is 2.45. The molecule has 0 saturated heterocycles. The van der Waals surface area contributed by atoms with Crippen LogP contribution in [-0.4, -0.2) is 0 Å². The Morgan fingerprint density at radius 3 is 1.89 bits per heavy atom. The van der Waals surface area contributed by atoms with Gasteiger partial charge in [-0.25, -0.2) is 9.13 Å². The highest BCUT2D eigenvalue weighted by Gasteiger charge is 1.97. The quantitative estimate of drug-likeness (QED) is 0.725. The lowest BCUT2D eigenvalue weighted by Crippen LogP contribution is -2.31. The highest BCUT2D eigenvalue weighted by Crippen LogP contribution is 2.05. The highest BCUT2D eigenvalue weighted by molar-refractivity contribution is 5.68. The van der Waals surface area contributed by atoms with Gasteiger partial charge in [0.15, 0.2) is 24.8 Å². The van der Waals surface area contributed by atoms with E-state index in [0.29, 0.717) is 0 Å². The molecule has 2 nitrogen and oxygen atoms in total. The standard InChI is InChI=1S/C16H20N2/c1-3-10-18-13-8-16(9-14-18)5-4-15-6-11-17(2)12-7-15/h4-9,11-14H,3,10H2,1-2H3/q+2/b5-4+. The number of aromatic nitrogens is 2. The van der Waals surface area contributed by atoms with E-state index in [4.69, 9.17) is 0 Å². The lowest BCUT2D eigenvalue weighted by atomic mass is 10.2. The summed E-state index contributed by atoms with van der Waals surface area (Å²) in [6, 6.07) is 8.51. The van der Waals surface area contributed by atoms with Crippen LogP contribution in [0.2, 0.25) is 0 Å². The predicted octanol–water partition coefficient (Wildman–Crippen LogP) is 2.38. The van der Waals surface area contributed by atoms with Gasteiger partial charge in [0.1, 0.15) is 13.6 Å². The molecule has 0 radical (unpaired) electrons. The highest BCUT2D eigenvalue weighted by atomic mass is 14.9. The molecular weight excluding hydrogens is 220 g/mol. The third-order valence-corrected chi connectivity index (χ3v) is 2.87. The summed E-state index contributed by atoms with van der Waals surface area (Å²) in [5.74, 6) is 0. The second kappa shape index (κ2) is 6.10. The van der Waals surface area contributed by atoms with Crippen LogP contribution in [0.5, 0.6) is 0 Å². The summed E-state index contributed by atoms with van der Waals surface area (Å²) < 4.78 is 4.24. The van der Waals surface area contributed by atoms with E-state index in [9.17, 15) is 0 Å². The molecule has 0 spiro atoms. The van der Waals surface area contributed by atoms with Gasteiger partial charge in [-0.2, -0.15) is 0 Å². The first-order chi connectivity index (χ1) is 8.78. The zero-order chi connectivity index (χ0) is 12.8. The van der Waals surface area contributed by atoms with Crippen molar-refractivity contribution in [3.8, 4) is 0 Å². The monoisotopic (exact) mass is 240 g/mol. The molecular formula is C16H20N2+2. The largest absolute Gasteiger partial charge is 0.208 e. The van der Waals surface area contributed by atoms with Crippen LogP contribution in [0.25, 0.3) is 12.2 Å². The van der Waals surface area contributed by atoms with E-state index < -0.39 is 0 Å². The van der Waals surface area contributed by atoms with Crippen molar-refractivity contribution >= 4 is 12.2 Å². The lowest BCUT2D eigenvalue weighted by Gasteiger charge is -1.95. The van der Waals surface area contributed by atoms with Crippen molar-refractivity contribution in [3.05, 3.63) is 60.2 Å². The zero-order valence-electron chi connectivity index (χ0n) is 11.1. The third kappa shape index (κ3) is 3.52. The molecule has 2 heterocycles. The van der Waals surface area contributed by atoms with Crippen LogP contribution < -0.4 is 9.13 Å². The summed E-state index contributed by atoms with van der Waals surface area (Å²) in [7, 11) is 2.02. The normalized spacial score (nSPS) is 11.0. The Kier molecular flexibility index (Phi) is 4.24. The number of hydrogen-bond acceptors (Lipinski definition) is 0. The molecule has 2 aromatic rings. The maximum Gasteiger partial charge on any atom is 0.169 e. The van der Waals surface area contributed by atoms with Crippen LogP contribution in [0.3, 0.4) is 0 Å². The van der Waals surface area contributed by atoms with E-state index >= 15 is 0 Å². The van der Waals surface area contributed by atoms with Gasteiger partial charge >= 0.3 is 0 Å². The first-order valence-corrected chi connectivity index (χ1v) is 6.40. The molecule has 0 fully saturated rings. The van der Waals surface area contributed by atoms with Gasteiger partial charge in [-0.3, -0.25) is 0 Å². The van der Waals surface area contributed by atoms with Gasteiger partial charge in [0.25, 0.3) is 0 Å². The molecule has 0 aliphatic heterocycles. The van der Waals surface area contributed by atoms with Crippen LogP contribution in [0.1, 0.15) is 24.5 Å². The molecule has 2 rings (SSSR count). The van der Waals surface area contributed by atoms with E-state index in [1.807, 2.05) is 11.6 Å². The molecule has 0 bridgehead atoms. The molecule has 0 aromatic carbocycles. The van der Waals surface area contributed by atoms with E-state index in [0.717, 1.165) is 6.54 Å². The Morgan fingerprint density at radius 2 is 1.39 bits per heavy atom. The van der Waals surface area contributed by atoms with Crippen molar-refractivity contribution in [3.63, 3.8) is 0 Å². The SMILES string of the molecule is CCC[n+]1ccc(/C=C/c2cc[n+](C)cc2)cc1. The first-order valence-electron chi connectivity index (χ1n) is 6.40. The third-order valence-electron chi connectivity index (χ3n) is 2.87. The van der Waals surface area contributed by atoms with Crippen molar-refractivity contribution in [1.82, 2.24) is 0 Å². The molecule has 92 valence electrons. The van der Waals surface area contributed by atoms with Gasteiger partial charge in [0.05, 0.1) is 0 Å². The summed E-state index contributed by atoms with van der Waals surface area (Å²) in [4.78, 5) is 0. The topological polar surface area (TPSA) is 7.76 Å². The van der Waals surface area contributed by atoms with Gasteiger partial charge in [-0.05, 0) is 11.1 Å². The van der Waals surface area contributed by atoms with Crippen LogP contribution >= 0.6 is 0 Å². The Balaban J connectivity index is 2.06. The van der Waals surface area contributed by atoms with Crippen LogP contribution in [0, 0.1) is 0 Å². The molecule has 18 heavy (non-hydrogen) atoms. The average Bonchev–Trinajstić information content (AvgIpc) is 2.40. The van der Waals surface area contributed by atoms with Gasteiger partial charge in [0.2, 0.25) is 0 Å². The summed E-state index contributed by atoms with van der Waals surface area (Å²) in [6.45, 7) is 3.27. The summed E-state index contributed by atoms with van der Waals surface area (Å²) >= 11 is 0. The Morgan fingerprint density at radius 1 is 0.889 bits per heavy atom. The fourth-order valence-electron chi connectivity index (χ4n) is 1.80. The number of aryl methyl sites for hydroxylation is 2. The minimum Gasteiger partial charge on any atom is -0.208 e. The second-order valence-electron chi connectivity index (χ2n) is 4.50. The van der Waals surface area contributed by atoms with Gasteiger partial charge in [-0.1, -0.05) is 19.1 Å². The Bertz CT molecular complexity index is 510. The number of pyridine rings is 2. The predicted molar refractivity (Wildman–Crippen MR) is 73.5 cm³/mol. The minimum atomic E-state index is 1.08. The van der Waals surface area contributed by atoms with Crippen molar-refractivity contribution in [1.29, 1.82) is 0 Å². The maximum absolute atomic E-state index is 2.21. The fraction of sp³-hybridized carbons (Fsp3) is 0.250. The van der Waals surface area contributed by atoms with Crippen molar-refractivity contribution in [2.24, 2.45) is 7.05 Å². The molecule has 0 atom stereocenters. The van der Waals surface area contributed by atoms with Gasteiger partial charge in [0, 0.05) is 30.7 Å². The molecule has 0 saturated carbocycles. The summed E-state index contributed by atoms with van der Waals surface area (Å²) in [6.07, 6.45) is 13.8. The van der Waals surface area contributed by atoms with Crippen molar-refractivity contribution in [2.45, 2.75) is 19.9 Å². The lowest BCUT2D eigenvalue weighted by molar-refractivity contribution is -0.697. The maximum atomic E-state index is 2.21. The molecule has 0 N–H and O–H groups in total. The number of rotatable bonds is 4. The molecule has 2 heteroatoms. The minimum absolute atomic E-state index is 1.08. The van der Waals surface area contributed by atoms with E-state index in [2.05, 4.69) is 72.7 Å². The van der Waals surface area contributed by atoms with Gasteiger partial charge < -0.3 is 0 Å². The smallest absolute Gasteiger partial charge is 0.169 e.